The molecule has 1 atom stereocenters. The molecule has 4 aromatic rings. The van der Waals surface area contributed by atoms with Gasteiger partial charge in [0, 0.05) is 22.6 Å². The zero-order valence-corrected chi connectivity index (χ0v) is 20.7. The van der Waals surface area contributed by atoms with Crippen molar-refractivity contribution in [3.63, 3.8) is 0 Å². The third-order valence-electron chi connectivity index (χ3n) is 5.39. The van der Waals surface area contributed by atoms with E-state index in [2.05, 4.69) is 39.9 Å². The maximum absolute atomic E-state index is 12.9. The first-order chi connectivity index (χ1) is 16.9. The third-order valence-corrected chi connectivity index (χ3v) is 6.44. The van der Waals surface area contributed by atoms with Crippen molar-refractivity contribution >= 4 is 34.8 Å². The number of carbonyl (C=O) groups is 2. The zero-order valence-electron chi connectivity index (χ0n) is 19.9. The Morgan fingerprint density at radius 3 is 2.37 bits per heavy atom. The van der Waals surface area contributed by atoms with E-state index >= 15 is 0 Å². The van der Waals surface area contributed by atoms with Gasteiger partial charge >= 0.3 is 0 Å². The zero-order chi connectivity index (χ0) is 24.8. The number of thioether (sulfide) groups is 1. The Balaban J connectivity index is 1.51. The van der Waals surface area contributed by atoms with Gasteiger partial charge in [0.05, 0.1) is 11.8 Å². The van der Waals surface area contributed by atoms with Gasteiger partial charge in [-0.1, -0.05) is 42.1 Å². The number of hydrogen-bond donors (Lipinski definition) is 2. The predicted octanol–water partition coefficient (Wildman–Crippen LogP) is 5.51. The lowest BCUT2D eigenvalue weighted by atomic mass is 10.1. The normalized spacial score (nSPS) is 11.6. The smallest absolute Gasteiger partial charge is 0.237 e. The number of ketones is 1. The summed E-state index contributed by atoms with van der Waals surface area (Å²) in [7, 11) is 0. The molecule has 0 bridgehead atoms. The summed E-state index contributed by atoms with van der Waals surface area (Å²) in [4.78, 5) is 24.3. The Hall–Kier alpha value is -3.91. The van der Waals surface area contributed by atoms with Gasteiger partial charge in [-0.15, -0.1) is 10.2 Å². The van der Waals surface area contributed by atoms with Crippen molar-refractivity contribution in [2.75, 3.05) is 10.6 Å². The van der Waals surface area contributed by atoms with Gasteiger partial charge in [-0.25, -0.2) is 0 Å². The Morgan fingerprint density at radius 2 is 1.69 bits per heavy atom. The van der Waals surface area contributed by atoms with E-state index in [9.17, 15) is 9.59 Å². The summed E-state index contributed by atoms with van der Waals surface area (Å²) in [6.07, 6.45) is 0. The number of Topliss-reactive ketones (excluding diaryl/α,β-unsaturated/α-hetero) is 1. The molecule has 0 aliphatic carbocycles. The molecule has 35 heavy (non-hydrogen) atoms. The van der Waals surface area contributed by atoms with Crippen LogP contribution in [0.15, 0.2) is 84.0 Å². The SMILES string of the molecule is CC(=O)c1ccc(NC(=O)C(C)Sc2nnc(CNc3cccc(C)c3)n2-c2ccccc2)cc1. The van der Waals surface area contributed by atoms with Crippen LogP contribution in [0.1, 0.15) is 35.6 Å². The molecular weight excluding hydrogens is 458 g/mol. The van der Waals surface area contributed by atoms with E-state index in [0.29, 0.717) is 23.0 Å². The van der Waals surface area contributed by atoms with Gasteiger partial charge in [-0.05, 0) is 74.9 Å². The fraction of sp³-hybridized carbons (Fsp3) is 0.185. The Bertz CT molecular complexity index is 1320. The number of benzene rings is 3. The van der Waals surface area contributed by atoms with Crippen LogP contribution in [0.25, 0.3) is 5.69 Å². The first-order valence-electron chi connectivity index (χ1n) is 11.3. The second kappa shape index (κ2) is 11.0. The molecule has 178 valence electrons. The maximum atomic E-state index is 12.9. The second-order valence-electron chi connectivity index (χ2n) is 8.18. The number of aryl methyl sites for hydroxylation is 1. The molecule has 8 heteroatoms. The van der Waals surface area contributed by atoms with E-state index in [4.69, 9.17) is 0 Å². The average molecular weight is 486 g/mol. The molecule has 1 unspecified atom stereocenters. The van der Waals surface area contributed by atoms with Gasteiger partial charge in [-0.3, -0.25) is 14.2 Å². The molecule has 0 fully saturated rings. The molecule has 0 spiro atoms. The summed E-state index contributed by atoms with van der Waals surface area (Å²) in [6, 6.07) is 24.9. The van der Waals surface area contributed by atoms with Crippen molar-refractivity contribution in [3.8, 4) is 5.69 Å². The van der Waals surface area contributed by atoms with Gasteiger partial charge in [0.25, 0.3) is 0 Å². The van der Waals surface area contributed by atoms with Crippen LogP contribution in [0.5, 0.6) is 0 Å². The minimum absolute atomic E-state index is 0.0141. The molecule has 3 aromatic carbocycles. The quantitative estimate of drug-likeness (QED) is 0.240. The first-order valence-corrected chi connectivity index (χ1v) is 12.2. The Labute approximate surface area is 209 Å². The number of anilines is 2. The summed E-state index contributed by atoms with van der Waals surface area (Å²) in [5.41, 5.74) is 4.35. The molecule has 0 saturated carbocycles. The highest BCUT2D eigenvalue weighted by Gasteiger charge is 2.21. The number of amides is 1. The number of aromatic nitrogens is 3. The van der Waals surface area contributed by atoms with E-state index in [-0.39, 0.29) is 11.7 Å². The van der Waals surface area contributed by atoms with Gasteiger partial charge in [0.2, 0.25) is 5.91 Å². The number of carbonyl (C=O) groups excluding carboxylic acids is 2. The number of hydrogen-bond acceptors (Lipinski definition) is 6. The first kappa shape index (κ1) is 24.2. The largest absolute Gasteiger partial charge is 0.378 e. The number of rotatable bonds is 9. The van der Waals surface area contributed by atoms with Crippen LogP contribution in [0.3, 0.4) is 0 Å². The highest BCUT2D eigenvalue weighted by Crippen LogP contribution is 2.27. The van der Waals surface area contributed by atoms with E-state index in [1.165, 1.54) is 24.2 Å². The molecule has 0 aliphatic rings. The fourth-order valence-corrected chi connectivity index (χ4v) is 4.39. The minimum Gasteiger partial charge on any atom is -0.378 e. The van der Waals surface area contributed by atoms with Gasteiger partial charge < -0.3 is 10.6 Å². The van der Waals surface area contributed by atoms with Crippen molar-refractivity contribution in [1.29, 1.82) is 0 Å². The number of nitrogens with zero attached hydrogens (tertiary/aromatic N) is 3. The lowest BCUT2D eigenvalue weighted by Gasteiger charge is -2.14. The Kier molecular flexibility index (Phi) is 7.62. The van der Waals surface area contributed by atoms with Crippen LogP contribution in [0, 0.1) is 6.92 Å². The van der Waals surface area contributed by atoms with Crippen molar-refractivity contribution in [1.82, 2.24) is 14.8 Å². The third kappa shape index (κ3) is 6.16. The number of para-hydroxylation sites is 1. The van der Waals surface area contributed by atoms with Gasteiger partial charge in [0.15, 0.2) is 16.8 Å². The highest BCUT2D eigenvalue weighted by atomic mass is 32.2. The summed E-state index contributed by atoms with van der Waals surface area (Å²) < 4.78 is 1.97. The molecule has 2 N–H and O–H groups in total. The van der Waals surface area contributed by atoms with Crippen LogP contribution in [-0.4, -0.2) is 31.7 Å². The van der Waals surface area contributed by atoms with Crippen LogP contribution < -0.4 is 10.6 Å². The van der Waals surface area contributed by atoms with Crippen LogP contribution in [-0.2, 0) is 11.3 Å². The second-order valence-corrected chi connectivity index (χ2v) is 9.48. The Morgan fingerprint density at radius 1 is 0.943 bits per heavy atom. The standard InChI is InChI=1S/C27H27N5O2S/c1-18-8-7-9-23(16-18)28-17-25-30-31-27(32(25)24-10-5-4-6-11-24)35-20(3)26(34)29-22-14-12-21(13-15-22)19(2)33/h4-16,20,28H,17H2,1-3H3,(H,29,34). The molecule has 0 aliphatic heterocycles. The maximum Gasteiger partial charge on any atom is 0.237 e. The van der Waals surface area contributed by atoms with E-state index in [1.807, 2.05) is 54.0 Å². The minimum atomic E-state index is -0.424. The molecule has 1 amide bonds. The van der Waals surface area contributed by atoms with E-state index in [0.717, 1.165) is 17.2 Å². The van der Waals surface area contributed by atoms with Crippen molar-refractivity contribution < 1.29 is 9.59 Å². The summed E-state index contributed by atoms with van der Waals surface area (Å²) in [5.74, 6) is 0.569. The van der Waals surface area contributed by atoms with Gasteiger partial charge in [-0.2, -0.15) is 0 Å². The molecular formula is C27H27N5O2S. The summed E-state index contributed by atoms with van der Waals surface area (Å²) >= 11 is 1.34. The van der Waals surface area contributed by atoms with Crippen LogP contribution in [0.4, 0.5) is 11.4 Å². The molecule has 7 nitrogen and oxygen atoms in total. The lowest BCUT2D eigenvalue weighted by Crippen LogP contribution is -2.23. The summed E-state index contributed by atoms with van der Waals surface area (Å²) in [5, 5.41) is 15.3. The van der Waals surface area contributed by atoms with Crippen molar-refractivity contribution in [3.05, 3.63) is 95.8 Å². The fourth-order valence-electron chi connectivity index (χ4n) is 3.51. The predicted molar refractivity (Wildman–Crippen MR) is 140 cm³/mol. The molecule has 1 heterocycles. The van der Waals surface area contributed by atoms with Crippen molar-refractivity contribution in [2.45, 2.75) is 37.7 Å². The molecule has 4 rings (SSSR count). The number of nitrogens with one attached hydrogen (secondary N) is 2. The monoisotopic (exact) mass is 485 g/mol. The average Bonchev–Trinajstić information content (AvgIpc) is 3.26. The van der Waals surface area contributed by atoms with E-state index < -0.39 is 5.25 Å². The lowest BCUT2D eigenvalue weighted by molar-refractivity contribution is -0.115. The van der Waals surface area contributed by atoms with E-state index in [1.54, 1.807) is 24.3 Å². The van der Waals surface area contributed by atoms with Gasteiger partial charge in [0.1, 0.15) is 0 Å². The topological polar surface area (TPSA) is 88.9 Å². The molecule has 1 aromatic heterocycles. The van der Waals surface area contributed by atoms with Crippen LogP contribution in [0.2, 0.25) is 0 Å². The summed E-state index contributed by atoms with van der Waals surface area (Å²) in [6.45, 7) is 5.88. The van der Waals surface area contributed by atoms with Crippen molar-refractivity contribution in [2.24, 2.45) is 0 Å². The molecule has 0 radical (unpaired) electrons. The highest BCUT2D eigenvalue weighted by molar-refractivity contribution is 8.00. The molecule has 0 saturated heterocycles. The van der Waals surface area contributed by atoms with Crippen LogP contribution >= 0.6 is 11.8 Å².